The van der Waals surface area contributed by atoms with Crippen molar-refractivity contribution in [3.05, 3.63) is 59.7 Å². The van der Waals surface area contributed by atoms with Crippen molar-refractivity contribution >= 4 is 23.4 Å². The molecule has 0 saturated carbocycles. The maximum atomic E-state index is 12.9. The second-order valence-electron chi connectivity index (χ2n) is 6.61. The fourth-order valence-electron chi connectivity index (χ4n) is 3.60. The lowest BCUT2D eigenvalue weighted by molar-refractivity contribution is -0.130. The summed E-state index contributed by atoms with van der Waals surface area (Å²) in [7, 11) is 0. The molecular formula is C20H22N2OS. The van der Waals surface area contributed by atoms with Crippen LogP contribution < -0.4 is 4.90 Å². The Morgan fingerprint density at radius 1 is 1.12 bits per heavy atom. The summed E-state index contributed by atoms with van der Waals surface area (Å²) in [4.78, 5) is 18.4. The van der Waals surface area contributed by atoms with E-state index in [-0.39, 0.29) is 5.91 Å². The van der Waals surface area contributed by atoms with Crippen LogP contribution in [0.5, 0.6) is 0 Å². The molecular weight excluding hydrogens is 316 g/mol. The predicted octanol–water partition coefficient (Wildman–Crippen LogP) is 3.57. The highest BCUT2D eigenvalue weighted by molar-refractivity contribution is 8.00. The number of benzene rings is 2. The van der Waals surface area contributed by atoms with Crippen molar-refractivity contribution < 1.29 is 4.79 Å². The van der Waals surface area contributed by atoms with Gasteiger partial charge >= 0.3 is 0 Å². The number of thioether (sulfide) groups is 1. The van der Waals surface area contributed by atoms with E-state index in [4.69, 9.17) is 0 Å². The molecule has 0 fully saturated rings. The number of amides is 1. The summed E-state index contributed by atoms with van der Waals surface area (Å²) in [5.41, 5.74) is 3.88. The molecule has 2 heterocycles. The number of hydrogen-bond donors (Lipinski definition) is 0. The molecule has 0 bridgehead atoms. The maximum Gasteiger partial charge on any atom is 0.242 e. The van der Waals surface area contributed by atoms with Crippen molar-refractivity contribution in [1.29, 1.82) is 0 Å². The maximum absolute atomic E-state index is 12.9. The zero-order valence-electron chi connectivity index (χ0n) is 13.9. The van der Waals surface area contributed by atoms with E-state index in [1.807, 2.05) is 16.7 Å². The van der Waals surface area contributed by atoms with Gasteiger partial charge in [-0.15, -0.1) is 11.8 Å². The van der Waals surface area contributed by atoms with Crippen LogP contribution >= 0.6 is 11.8 Å². The first-order valence-electron chi connectivity index (χ1n) is 8.56. The van der Waals surface area contributed by atoms with Crippen LogP contribution in [0.1, 0.15) is 18.1 Å². The minimum Gasteiger partial charge on any atom is -0.360 e. The van der Waals surface area contributed by atoms with Crippen molar-refractivity contribution in [2.45, 2.75) is 30.0 Å². The number of fused-ring (bicyclic) bond motifs is 2. The number of rotatable bonds is 2. The Bertz CT molecular complexity index is 761. The smallest absolute Gasteiger partial charge is 0.242 e. The van der Waals surface area contributed by atoms with Crippen LogP contribution in [-0.4, -0.2) is 35.7 Å². The van der Waals surface area contributed by atoms with Gasteiger partial charge in [0, 0.05) is 29.8 Å². The summed E-state index contributed by atoms with van der Waals surface area (Å²) in [6.45, 7) is 5.21. The summed E-state index contributed by atoms with van der Waals surface area (Å²) in [6, 6.07) is 16.9. The van der Waals surface area contributed by atoms with Crippen molar-refractivity contribution in [3.8, 4) is 0 Å². The van der Waals surface area contributed by atoms with Gasteiger partial charge in [0.25, 0.3) is 0 Å². The van der Waals surface area contributed by atoms with E-state index in [0.29, 0.717) is 11.8 Å². The first-order valence-corrected chi connectivity index (χ1v) is 9.44. The fraction of sp³-hybridized carbons (Fsp3) is 0.350. The zero-order valence-corrected chi connectivity index (χ0v) is 14.8. The number of carbonyl (C=O) groups excluding carboxylic acids is 1. The molecule has 0 spiro atoms. The Hall–Kier alpha value is -1.94. The molecule has 0 aliphatic carbocycles. The van der Waals surface area contributed by atoms with Crippen LogP contribution in [0, 0.1) is 0 Å². The van der Waals surface area contributed by atoms with E-state index in [1.54, 1.807) is 0 Å². The molecule has 124 valence electrons. The summed E-state index contributed by atoms with van der Waals surface area (Å²) < 4.78 is 0. The molecule has 2 aromatic carbocycles. The molecule has 1 amide bonds. The van der Waals surface area contributed by atoms with E-state index >= 15 is 0 Å². The number of para-hydroxylation sites is 1. The van der Waals surface area contributed by atoms with Crippen molar-refractivity contribution in [2.75, 3.05) is 24.5 Å². The van der Waals surface area contributed by atoms with E-state index in [1.165, 1.54) is 21.7 Å². The van der Waals surface area contributed by atoms with Gasteiger partial charge in [-0.25, -0.2) is 0 Å². The fourth-order valence-corrected chi connectivity index (χ4v) is 4.77. The van der Waals surface area contributed by atoms with Crippen LogP contribution in [-0.2, 0) is 17.8 Å². The standard InChI is InChI=1S/C20H22N2OS/c1-15-12-22(18-8-4-5-9-19(18)24-15)14-20(23)21-11-10-16-6-2-3-7-17(16)13-21/h2-9,15H,10-14H2,1H3/t15-/m0/s1. The molecule has 1 atom stereocenters. The minimum absolute atomic E-state index is 0.235. The highest BCUT2D eigenvalue weighted by atomic mass is 32.2. The van der Waals surface area contributed by atoms with Gasteiger partial charge in [-0.1, -0.05) is 43.3 Å². The van der Waals surface area contributed by atoms with Gasteiger partial charge < -0.3 is 9.80 Å². The largest absolute Gasteiger partial charge is 0.360 e. The lowest BCUT2D eigenvalue weighted by Gasteiger charge is -2.36. The van der Waals surface area contributed by atoms with E-state index < -0.39 is 0 Å². The van der Waals surface area contributed by atoms with Gasteiger partial charge in [0.2, 0.25) is 5.91 Å². The molecule has 0 radical (unpaired) electrons. The third kappa shape index (κ3) is 3.03. The number of carbonyl (C=O) groups is 1. The van der Waals surface area contributed by atoms with Crippen LogP contribution in [0.4, 0.5) is 5.69 Å². The molecule has 3 nitrogen and oxygen atoms in total. The lowest BCUT2D eigenvalue weighted by atomic mass is 10.00. The van der Waals surface area contributed by atoms with E-state index in [9.17, 15) is 4.79 Å². The van der Waals surface area contributed by atoms with Gasteiger partial charge in [0.05, 0.1) is 12.2 Å². The molecule has 4 rings (SSSR count). The molecule has 4 heteroatoms. The van der Waals surface area contributed by atoms with Gasteiger partial charge in [-0.3, -0.25) is 4.79 Å². The van der Waals surface area contributed by atoms with Gasteiger partial charge in [0.1, 0.15) is 0 Å². The lowest BCUT2D eigenvalue weighted by Crippen LogP contribution is -2.45. The Labute approximate surface area is 147 Å². The topological polar surface area (TPSA) is 23.6 Å². The van der Waals surface area contributed by atoms with Crippen molar-refractivity contribution in [2.24, 2.45) is 0 Å². The summed E-state index contributed by atoms with van der Waals surface area (Å²) in [6.07, 6.45) is 0.963. The summed E-state index contributed by atoms with van der Waals surface area (Å²) in [5, 5.41) is 0.509. The molecule has 0 unspecified atom stereocenters. The van der Waals surface area contributed by atoms with Crippen molar-refractivity contribution in [1.82, 2.24) is 4.90 Å². The molecule has 2 aliphatic rings. The Kier molecular flexibility index (Phi) is 4.23. The monoisotopic (exact) mass is 338 g/mol. The van der Waals surface area contributed by atoms with Crippen molar-refractivity contribution in [3.63, 3.8) is 0 Å². The van der Waals surface area contributed by atoms with Gasteiger partial charge in [-0.05, 0) is 29.7 Å². The summed E-state index contributed by atoms with van der Waals surface area (Å²) >= 11 is 1.90. The molecule has 24 heavy (non-hydrogen) atoms. The number of hydrogen-bond acceptors (Lipinski definition) is 3. The third-order valence-corrected chi connectivity index (χ3v) is 5.97. The van der Waals surface area contributed by atoms with Crippen LogP contribution in [0.2, 0.25) is 0 Å². The highest BCUT2D eigenvalue weighted by Crippen LogP contribution is 2.38. The van der Waals surface area contributed by atoms with Crippen LogP contribution in [0.15, 0.2) is 53.4 Å². The zero-order chi connectivity index (χ0) is 16.5. The van der Waals surface area contributed by atoms with Gasteiger partial charge in [0.15, 0.2) is 0 Å². The minimum atomic E-state index is 0.235. The first-order chi connectivity index (χ1) is 11.7. The number of anilines is 1. The van der Waals surface area contributed by atoms with Crippen LogP contribution in [0.3, 0.4) is 0 Å². The van der Waals surface area contributed by atoms with E-state index in [2.05, 4.69) is 60.4 Å². The first kappa shape index (κ1) is 15.6. The molecule has 0 N–H and O–H groups in total. The third-order valence-electron chi connectivity index (χ3n) is 4.82. The average Bonchev–Trinajstić information content (AvgIpc) is 2.61. The second kappa shape index (κ2) is 6.52. The molecule has 2 aromatic rings. The predicted molar refractivity (Wildman–Crippen MR) is 99.5 cm³/mol. The Morgan fingerprint density at radius 2 is 1.88 bits per heavy atom. The highest BCUT2D eigenvalue weighted by Gasteiger charge is 2.27. The molecule has 0 saturated heterocycles. The Morgan fingerprint density at radius 3 is 2.75 bits per heavy atom. The molecule has 0 aromatic heterocycles. The normalized spacial score (nSPS) is 19.6. The van der Waals surface area contributed by atoms with Crippen LogP contribution in [0.25, 0.3) is 0 Å². The second-order valence-corrected chi connectivity index (χ2v) is 8.09. The Balaban J connectivity index is 1.49. The SMILES string of the molecule is C[C@H]1CN(CC(=O)N2CCc3ccccc3C2)c2ccccc2S1. The quantitative estimate of drug-likeness (QED) is 0.836. The summed E-state index contributed by atoms with van der Waals surface area (Å²) in [5.74, 6) is 0.235. The van der Waals surface area contributed by atoms with E-state index in [0.717, 1.165) is 26.1 Å². The van der Waals surface area contributed by atoms with Gasteiger partial charge in [-0.2, -0.15) is 0 Å². The number of nitrogens with zero attached hydrogens (tertiary/aromatic N) is 2. The average molecular weight is 338 g/mol. The molecule has 2 aliphatic heterocycles.